The Morgan fingerprint density at radius 2 is 1.70 bits per heavy atom. The summed E-state index contributed by atoms with van der Waals surface area (Å²) in [6.45, 7) is 0.960. The van der Waals surface area contributed by atoms with Crippen molar-refractivity contribution in [1.82, 2.24) is 0 Å². The molecule has 3 aromatic carbocycles. The zero-order valence-electron chi connectivity index (χ0n) is 19.7. The maximum Gasteiger partial charge on any atom is 0.224 e. The molecule has 0 radical (unpaired) electrons. The number of fused-ring (bicyclic) bond motifs is 1. The number of carbonyl (C=O) groups is 1. The van der Waals surface area contributed by atoms with Crippen molar-refractivity contribution in [3.8, 4) is 16.9 Å². The minimum Gasteiger partial charge on any atom is -0.491 e. The van der Waals surface area contributed by atoms with E-state index in [1.807, 2.05) is 0 Å². The molecular weight excluding hydrogens is 526 g/mol. The number of benzene rings is 3. The summed E-state index contributed by atoms with van der Waals surface area (Å²) >= 11 is 12.1. The Balaban J connectivity index is 1.27. The summed E-state index contributed by atoms with van der Waals surface area (Å²) in [6, 6.07) is 9.71. The standard InChI is InChI=1S/C27H24Cl2F3N3O2/c28-15-1-2-16(19(29)11-15)18-12-22(32)23(13-21(18)31)35-9-7-27(33,8-10-35)14-37-24-5-4-20(30)26-17(24)3-6-25(36)34-26/h1-2,4-5,11-13H,3,6-10,14,33H2,(H,34,36). The Morgan fingerprint density at radius 1 is 0.946 bits per heavy atom. The Labute approximate surface area is 222 Å². The fourth-order valence-corrected chi connectivity index (χ4v) is 5.32. The van der Waals surface area contributed by atoms with Crippen molar-refractivity contribution in [3.63, 3.8) is 0 Å². The normalized spacial score (nSPS) is 16.8. The van der Waals surface area contributed by atoms with Crippen LogP contribution in [0.2, 0.25) is 10.0 Å². The Morgan fingerprint density at radius 3 is 2.43 bits per heavy atom. The topological polar surface area (TPSA) is 67.6 Å². The van der Waals surface area contributed by atoms with Crippen molar-refractivity contribution >= 4 is 40.5 Å². The number of halogens is 5. The molecule has 3 aromatic rings. The van der Waals surface area contributed by atoms with Crippen LogP contribution < -0.4 is 20.7 Å². The van der Waals surface area contributed by atoms with Gasteiger partial charge in [-0.05, 0) is 49.6 Å². The van der Waals surface area contributed by atoms with E-state index in [0.29, 0.717) is 54.3 Å². The van der Waals surface area contributed by atoms with Gasteiger partial charge in [-0.15, -0.1) is 0 Å². The smallest absolute Gasteiger partial charge is 0.224 e. The number of ether oxygens (including phenoxy) is 1. The van der Waals surface area contributed by atoms with E-state index in [1.54, 1.807) is 17.0 Å². The fourth-order valence-electron chi connectivity index (χ4n) is 4.81. The van der Waals surface area contributed by atoms with Gasteiger partial charge in [0.2, 0.25) is 5.91 Å². The van der Waals surface area contributed by atoms with E-state index in [9.17, 15) is 9.18 Å². The first kappa shape index (κ1) is 25.7. The maximum absolute atomic E-state index is 15.1. The minimum absolute atomic E-state index is 0.0558. The molecule has 0 spiro atoms. The first-order valence-electron chi connectivity index (χ1n) is 11.9. The largest absolute Gasteiger partial charge is 0.491 e. The van der Waals surface area contributed by atoms with E-state index < -0.39 is 23.0 Å². The maximum atomic E-state index is 15.1. The molecule has 1 amide bonds. The van der Waals surface area contributed by atoms with Crippen molar-refractivity contribution in [2.24, 2.45) is 5.73 Å². The lowest BCUT2D eigenvalue weighted by Crippen LogP contribution is -2.54. The highest BCUT2D eigenvalue weighted by Gasteiger charge is 2.33. The highest BCUT2D eigenvalue weighted by molar-refractivity contribution is 6.36. The van der Waals surface area contributed by atoms with Gasteiger partial charge in [0.25, 0.3) is 0 Å². The number of nitrogens with two attached hydrogens (primary N) is 1. The number of hydrogen-bond acceptors (Lipinski definition) is 4. The molecule has 5 nitrogen and oxygen atoms in total. The van der Waals surface area contributed by atoms with Gasteiger partial charge >= 0.3 is 0 Å². The van der Waals surface area contributed by atoms with Gasteiger partial charge in [0.15, 0.2) is 0 Å². The van der Waals surface area contributed by atoms with Gasteiger partial charge < -0.3 is 20.7 Å². The Hall–Kier alpha value is -2.94. The highest BCUT2D eigenvalue weighted by atomic mass is 35.5. The quantitative estimate of drug-likeness (QED) is 0.389. The number of carbonyl (C=O) groups excluding carboxylic acids is 1. The second-order valence-corrected chi connectivity index (χ2v) is 10.3. The van der Waals surface area contributed by atoms with Crippen molar-refractivity contribution in [2.45, 2.75) is 31.2 Å². The summed E-state index contributed by atoms with van der Waals surface area (Å²) in [5, 5.41) is 3.19. The molecule has 2 aliphatic heterocycles. The molecule has 2 aliphatic rings. The molecule has 0 saturated carbocycles. The second kappa shape index (κ2) is 10.1. The molecule has 3 N–H and O–H groups in total. The van der Waals surface area contributed by atoms with E-state index in [-0.39, 0.29) is 40.9 Å². The van der Waals surface area contributed by atoms with Crippen molar-refractivity contribution in [3.05, 3.63) is 75.5 Å². The van der Waals surface area contributed by atoms with E-state index in [0.717, 1.165) is 6.07 Å². The number of piperidine rings is 1. The van der Waals surface area contributed by atoms with Gasteiger partial charge in [0.05, 0.1) is 16.9 Å². The van der Waals surface area contributed by atoms with Crippen LogP contribution in [0.25, 0.3) is 11.1 Å². The van der Waals surface area contributed by atoms with Crippen molar-refractivity contribution in [2.75, 3.05) is 29.9 Å². The Kier molecular flexibility index (Phi) is 7.00. The number of amides is 1. The summed E-state index contributed by atoms with van der Waals surface area (Å²) in [4.78, 5) is 13.4. The Bertz CT molecular complexity index is 1380. The number of rotatable bonds is 5. The molecule has 1 saturated heterocycles. The summed E-state index contributed by atoms with van der Waals surface area (Å²) < 4.78 is 50.3. The van der Waals surface area contributed by atoms with Gasteiger partial charge in [0, 0.05) is 52.3 Å². The lowest BCUT2D eigenvalue weighted by Gasteiger charge is -2.40. The van der Waals surface area contributed by atoms with Crippen LogP contribution in [0, 0.1) is 17.5 Å². The van der Waals surface area contributed by atoms with Crippen LogP contribution in [0.3, 0.4) is 0 Å². The number of nitrogens with one attached hydrogen (secondary N) is 1. The van der Waals surface area contributed by atoms with Crippen LogP contribution in [0.15, 0.2) is 42.5 Å². The molecule has 2 heterocycles. The second-order valence-electron chi connectivity index (χ2n) is 9.49. The zero-order chi connectivity index (χ0) is 26.3. The molecule has 1 fully saturated rings. The van der Waals surface area contributed by atoms with Gasteiger partial charge in [-0.1, -0.05) is 29.3 Å². The molecule has 10 heteroatoms. The van der Waals surface area contributed by atoms with E-state index in [1.165, 1.54) is 24.3 Å². The first-order chi connectivity index (χ1) is 17.6. The van der Waals surface area contributed by atoms with Gasteiger partial charge in [-0.25, -0.2) is 13.2 Å². The minimum atomic E-state index is -0.707. The third-order valence-corrected chi connectivity index (χ3v) is 7.51. The van der Waals surface area contributed by atoms with Crippen molar-refractivity contribution in [1.29, 1.82) is 0 Å². The lowest BCUT2D eigenvalue weighted by molar-refractivity contribution is -0.116. The van der Waals surface area contributed by atoms with Crippen LogP contribution in [0.1, 0.15) is 24.8 Å². The predicted molar refractivity (Wildman–Crippen MR) is 139 cm³/mol. The average Bonchev–Trinajstić information content (AvgIpc) is 2.86. The van der Waals surface area contributed by atoms with Crippen LogP contribution in [-0.4, -0.2) is 31.1 Å². The highest BCUT2D eigenvalue weighted by Crippen LogP contribution is 2.37. The molecule has 5 rings (SSSR count). The van der Waals surface area contributed by atoms with Crippen LogP contribution >= 0.6 is 23.2 Å². The van der Waals surface area contributed by atoms with Crippen LogP contribution in [0.4, 0.5) is 24.5 Å². The summed E-state index contributed by atoms with van der Waals surface area (Å²) in [7, 11) is 0. The first-order valence-corrected chi connectivity index (χ1v) is 12.6. The average molecular weight is 550 g/mol. The summed E-state index contributed by atoms with van der Waals surface area (Å²) in [6.07, 6.45) is 1.57. The third kappa shape index (κ3) is 5.23. The molecule has 0 aliphatic carbocycles. The predicted octanol–water partition coefficient (Wildman–Crippen LogP) is 6.34. The van der Waals surface area contributed by atoms with E-state index >= 15 is 8.78 Å². The van der Waals surface area contributed by atoms with E-state index in [4.69, 9.17) is 33.7 Å². The zero-order valence-corrected chi connectivity index (χ0v) is 21.2. The summed E-state index contributed by atoms with van der Waals surface area (Å²) in [5.41, 5.74) is 7.20. The summed E-state index contributed by atoms with van der Waals surface area (Å²) in [5.74, 6) is -1.43. The molecule has 37 heavy (non-hydrogen) atoms. The number of hydrogen-bond donors (Lipinski definition) is 2. The molecule has 194 valence electrons. The van der Waals surface area contributed by atoms with Gasteiger partial charge in [0.1, 0.15) is 29.8 Å². The molecule has 0 aromatic heterocycles. The SMILES string of the molecule is NC1(COc2ccc(F)c3c2CCC(=O)N3)CCN(c2cc(F)c(-c3ccc(Cl)cc3Cl)cc2F)CC1. The monoisotopic (exact) mass is 549 g/mol. The fraction of sp³-hybridized carbons (Fsp3) is 0.296. The molecule has 0 unspecified atom stereocenters. The number of anilines is 2. The van der Waals surface area contributed by atoms with Crippen molar-refractivity contribution < 1.29 is 22.7 Å². The lowest BCUT2D eigenvalue weighted by atomic mass is 9.89. The van der Waals surface area contributed by atoms with Crippen LogP contribution in [-0.2, 0) is 11.2 Å². The van der Waals surface area contributed by atoms with E-state index in [2.05, 4.69) is 5.32 Å². The molecular formula is C27H24Cl2F3N3O2. The molecule has 0 bridgehead atoms. The number of nitrogens with zero attached hydrogens (tertiary/aromatic N) is 1. The van der Waals surface area contributed by atoms with Gasteiger partial charge in [-0.2, -0.15) is 0 Å². The van der Waals surface area contributed by atoms with Crippen LogP contribution in [0.5, 0.6) is 5.75 Å². The van der Waals surface area contributed by atoms with Gasteiger partial charge in [-0.3, -0.25) is 4.79 Å². The third-order valence-electron chi connectivity index (χ3n) is 6.96. The molecule has 0 atom stereocenters.